The lowest BCUT2D eigenvalue weighted by Gasteiger charge is -2.41. The SMILES string of the molecule is COC1CC(C(=O)N(c2ccc(S(F)(F)(F)(F)F)cc2)C(C(=O)NCC2(C)COC2)c2cccnc2)N(C#N)C1. The lowest BCUT2D eigenvalue weighted by Crippen LogP contribution is -2.53. The average Bonchev–Trinajstić information content (AvgIpc) is 3.32. The van der Waals surface area contributed by atoms with Gasteiger partial charge in [-0.15, -0.1) is 0 Å². The summed E-state index contributed by atoms with van der Waals surface area (Å²) in [5, 5.41) is 12.4. The molecule has 9 nitrogen and oxygen atoms in total. The highest BCUT2D eigenvalue weighted by Crippen LogP contribution is 3.02. The number of pyridine rings is 1. The number of nitrogens with zero attached hydrogens (tertiary/aromatic N) is 4. The first-order chi connectivity index (χ1) is 18.5. The number of benzene rings is 1. The number of hydrogen-bond acceptors (Lipinski definition) is 7. The zero-order valence-electron chi connectivity index (χ0n) is 21.6. The molecule has 0 saturated carbocycles. The van der Waals surface area contributed by atoms with Crippen molar-refractivity contribution < 1.29 is 38.5 Å². The van der Waals surface area contributed by atoms with E-state index in [1.807, 2.05) is 13.1 Å². The van der Waals surface area contributed by atoms with Crippen LogP contribution >= 0.6 is 10.2 Å². The van der Waals surface area contributed by atoms with E-state index in [4.69, 9.17) is 9.47 Å². The number of nitrogens with one attached hydrogen (secondary N) is 1. The highest BCUT2D eigenvalue weighted by molar-refractivity contribution is 8.45. The number of methoxy groups -OCH3 is 1. The number of carbonyl (C=O) groups excluding carboxylic acids is 2. The number of rotatable bonds is 9. The molecule has 2 saturated heterocycles. The molecule has 2 aliphatic rings. The van der Waals surface area contributed by atoms with E-state index in [1.54, 1.807) is 0 Å². The van der Waals surface area contributed by atoms with E-state index in [2.05, 4.69) is 10.3 Å². The highest BCUT2D eigenvalue weighted by Gasteiger charge is 2.65. The van der Waals surface area contributed by atoms with Crippen LogP contribution in [0, 0.1) is 16.9 Å². The number of nitriles is 1. The summed E-state index contributed by atoms with van der Waals surface area (Å²) in [6.07, 6.45) is 4.20. The van der Waals surface area contributed by atoms with Crippen LogP contribution in [0.15, 0.2) is 53.7 Å². The number of carbonyl (C=O) groups is 2. The number of hydrogen-bond donors (Lipinski definition) is 1. The maximum absolute atomic E-state index is 14.1. The maximum atomic E-state index is 14.1. The molecule has 2 amide bonds. The van der Waals surface area contributed by atoms with Crippen molar-refractivity contribution in [3.8, 4) is 6.19 Å². The second-order valence-electron chi connectivity index (χ2n) is 10.2. The molecule has 2 fully saturated rings. The van der Waals surface area contributed by atoms with Crippen LogP contribution in [-0.4, -0.2) is 67.3 Å². The summed E-state index contributed by atoms with van der Waals surface area (Å²) in [5.74, 6) is -1.49. The smallest absolute Gasteiger partial charge is 0.310 e. The largest absolute Gasteiger partial charge is 0.380 e. The summed E-state index contributed by atoms with van der Waals surface area (Å²) in [7, 11) is -8.61. The molecule has 2 aliphatic heterocycles. The molecule has 15 heteroatoms. The van der Waals surface area contributed by atoms with E-state index in [-0.39, 0.29) is 48.3 Å². The second kappa shape index (κ2) is 9.86. The summed E-state index contributed by atoms with van der Waals surface area (Å²) >= 11 is 0. The average molecular weight is 590 g/mol. The quantitative estimate of drug-likeness (QED) is 0.338. The van der Waals surface area contributed by atoms with Crippen LogP contribution in [0.1, 0.15) is 24.9 Å². The van der Waals surface area contributed by atoms with E-state index < -0.39 is 45.1 Å². The fraction of sp³-hybridized carbons (Fsp3) is 0.440. The number of ether oxygens (including phenoxy) is 2. The topological polar surface area (TPSA) is 108 Å². The van der Waals surface area contributed by atoms with Crippen molar-refractivity contribution in [3.63, 3.8) is 0 Å². The number of aromatic nitrogens is 1. The zero-order chi connectivity index (χ0) is 29.4. The fourth-order valence-electron chi connectivity index (χ4n) is 4.65. The first-order valence-electron chi connectivity index (χ1n) is 12.2. The van der Waals surface area contributed by atoms with Gasteiger partial charge >= 0.3 is 10.2 Å². The molecular weight excluding hydrogens is 561 g/mol. The van der Waals surface area contributed by atoms with Gasteiger partial charge in [0.25, 0.3) is 5.91 Å². The predicted octanol–water partition coefficient (Wildman–Crippen LogP) is 4.54. The number of anilines is 1. The molecule has 0 aliphatic carbocycles. The van der Waals surface area contributed by atoms with Crippen molar-refractivity contribution in [3.05, 3.63) is 54.4 Å². The Morgan fingerprint density at radius 1 is 1.25 bits per heavy atom. The summed E-state index contributed by atoms with van der Waals surface area (Å²) < 4.78 is 77.8. The molecule has 4 rings (SSSR count). The van der Waals surface area contributed by atoms with Gasteiger partial charge in [-0.05, 0) is 30.3 Å². The van der Waals surface area contributed by atoms with Crippen LogP contribution in [0.2, 0.25) is 0 Å². The molecule has 3 heterocycles. The first-order valence-corrected chi connectivity index (χ1v) is 14.1. The Morgan fingerprint density at radius 3 is 2.42 bits per heavy atom. The standard InChI is InChI=1S/C25H28F5N5O4S/c1-25(14-39-15-25)13-33-23(36)22(17-4-3-9-32-11-17)35(24(37)21-10-19(38-2)12-34(21)16-31)18-5-7-20(8-6-18)40(26,27,28,29)30/h3-9,11,19,21-22H,10,12-15H2,1-2H3,(H,33,36). The van der Waals surface area contributed by atoms with Gasteiger partial charge < -0.3 is 14.8 Å². The zero-order valence-corrected chi connectivity index (χ0v) is 22.4. The Hall–Kier alpha value is -3.48. The van der Waals surface area contributed by atoms with Gasteiger partial charge in [0.2, 0.25) is 5.91 Å². The molecule has 0 spiro atoms. The van der Waals surface area contributed by atoms with Gasteiger partial charge in [0.1, 0.15) is 17.0 Å². The summed E-state index contributed by atoms with van der Waals surface area (Å²) in [4.78, 5) is 31.7. The van der Waals surface area contributed by atoms with Crippen molar-refractivity contribution in [1.82, 2.24) is 15.2 Å². The minimum Gasteiger partial charge on any atom is -0.380 e. The van der Waals surface area contributed by atoms with Gasteiger partial charge in [0.05, 0.1) is 25.9 Å². The molecule has 40 heavy (non-hydrogen) atoms. The van der Waals surface area contributed by atoms with E-state index in [0.717, 1.165) is 9.80 Å². The molecule has 1 aromatic heterocycles. The molecule has 1 N–H and O–H groups in total. The molecule has 0 radical (unpaired) electrons. The number of halogens is 5. The minimum absolute atomic E-state index is 0.0553. The second-order valence-corrected chi connectivity index (χ2v) is 12.7. The van der Waals surface area contributed by atoms with Gasteiger partial charge in [-0.3, -0.25) is 24.4 Å². The van der Waals surface area contributed by atoms with Crippen molar-refractivity contribution in [2.45, 2.75) is 36.4 Å². The van der Waals surface area contributed by atoms with E-state index in [1.165, 1.54) is 31.6 Å². The van der Waals surface area contributed by atoms with Crippen molar-refractivity contribution in [2.24, 2.45) is 5.41 Å². The van der Waals surface area contributed by atoms with Crippen LogP contribution in [0.25, 0.3) is 0 Å². The van der Waals surface area contributed by atoms with Crippen molar-refractivity contribution in [2.75, 3.05) is 38.3 Å². The summed E-state index contributed by atoms with van der Waals surface area (Å²) in [6.45, 7) is 2.91. The van der Waals surface area contributed by atoms with Crippen LogP contribution in [0.4, 0.5) is 25.1 Å². The van der Waals surface area contributed by atoms with Crippen LogP contribution in [0.3, 0.4) is 0 Å². The number of likely N-dealkylation sites (tertiary alicyclic amines) is 1. The molecule has 1 aromatic carbocycles. The molecule has 3 unspecified atom stereocenters. The molecule has 2 aromatic rings. The Kier molecular flexibility index (Phi) is 7.27. The third-order valence-electron chi connectivity index (χ3n) is 6.90. The van der Waals surface area contributed by atoms with Crippen LogP contribution in [0.5, 0.6) is 0 Å². The Balaban J connectivity index is 1.81. The lowest BCUT2D eigenvalue weighted by atomic mass is 9.88. The Morgan fingerprint density at radius 2 is 1.93 bits per heavy atom. The normalized spacial score (nSPS) is 22.7. The summed E-state index contributed by atoms with van der Waals surface area (Å²) in [6, 6.07) is 2.20. The van der Waals surface area contributed by atoms with Crippen LogP contribution in [-0.2, 0) is 19.1 Å². The van der Waals surface area contributed by atoms with Gasteiger partial charge in [-0.25, -0.2) is 0 Å². The third-order valence-corrected chi connectivity index (χ3v) is 8.07. The minimum atomic E-state index is -10.0. The van der Waals surface area contributed by atoms with Crippen molar-refractivity contribution >= 4 is 27.7 Å². The van der Waals surface area contributed by atoms with Gasteiger partial charge in [-0.1, -0.05) is 32.4 Å². The maximum Gasteiger partial charge on any atom is 0.310 e. The van der Waals surface area contributed by atoms with E-state index in [0.29, 0.717) is 25.3 Å². The monoisotopic (exact) mass is 589 g/mol. The van der Waals surface area contributed by atoms with Crippen LogP contribution < -0.4 is 10.2 Å². The first kappa shape index (κ1) is 29.5. The fourth-order valence-corrected chi connectivity index (χ4v) is 5.30. The summed E-state index contributed by atoms with van der Waals surface area (Å²) in [5.41, 5.74) is -0.399. The molecule has 218 valence electrons. The molecular formula is C25H28F5N5O4S. The molecule has 0 bridgehead atoms. The molecule has 3 atom stereocenters. The van der Waals surface area contributed by atoms with Gasteiger partial charge in [0, 0.05) is 49.1 Å². The lowest BCUT2D eigenvalue weighted by molar-refractivity contribution is -0.131. The number of amides is 2. The van der Waals surface area contributed by atoms with E-state index >= 15 is 0 Å². The van der Waals surface area contributed by atoms with Gasteiger partial charge in [0.15, 0.2) is 6.19 Å². The predicted molar refractivity (Wildman–Crippen MR) is 136 cm³/mol. The van der Waals surface area contributed by atoms with Crippen molar-refractivity contribution in [1.29, 1.82) is 5.26 Å². The Labute approximate surface area is 227 Å². The Bertz CT molecular complexity index is 1300. The third kappa shape index (κ3) is 6.29. The van der Waals surface area contributed by atoms with E-state index in [9.17, 15) is 34.3 Å². The highest BCUT2D eigenvalue weighted by atomic mass is 32.5. The van der Waals surface area contributed by atoms with Gasteiger partial charge in [-0.2, -0.15) is 5.26 Å².